The fourth-order valence-electron chi connectivity index (χ4n) is 3.09. The first-order valence-electron chi connectivity index (χ1n) is 7.62. The molecule has 1 saturated carbocycles. The van der Waals surface area contributed by atoms with Crippen molar-refractivity contribution < 1.29 is 0 Å². The molecule has 2 unspecified atom stereocenters. The van der Waals surface area contributed by atoms with Gasteiger partial charge in [-0.3, -0.25) is 0 Å². The molecule has 1 N–H and O–H groups in total. The number of hydrogen-bond donors (Lipinski definition) is 1. The van der Waals surface area contributed by atoms with Crippen LogP contribution < -0.4 is 5.32 Å². The third-order valence-corrected chi connectivity index (χ3v) is 5.44. The van der Waals surface area contributed by atoms with Crippen molar-refractivity contribution in [3.8, 4) is 0 Å². The number of nitrogens with one attached hydrogen (secondary N) is 1. The lowest BCUT2D eigenvalue weighted by molar-refractivity contribution is 0.369. The Hall–Kier alpha value is -0.0500. The average Bonchev–Trinajstić information content (AvgIpc) is 2.65. The Morgan fingerprint density at radius 1 is 1.26 bits per heavy atom. The summed E-state index contributed by atoms with van der Waals surface area (Å²) in [6, 6.07) is 4.31. The van der Waals surface area contributed by atoms with Crippen molar-refractivity contribution in [1.82, 2.24) is 5.32 Å². The Morgan fingerprint density at radius 3 is 2.74 bits per heavy atom. The summed E-state index contributed by atoms with van der Waals surface area (Å²) in [4.78, 5) is 1.50. The van der Waals surface area contributed by atoms with Crippen LogP contribution in [0.4, 0.5) is 0 Å². The fraction of sp³-hybridized carbons (Fsp3) is 0.750. The molecule has 0 radical (unpaired) electrons. The molecule has 2 rings (SSSR count). The Kier molecular flexibility index (Phi) is 6.18. The molecule has 19 heavy (non-hydrogen) atoms. The summed E-state index contributed by atoms with van der Waals surface area (Å²) in [5.41, 5.74) is 0. The van der Waals surface area contributed by atoms with E-state index in [0.717, 1.165) is 28.6 Å². The van der Waals surface area contributed by atoms with Crippen LogP contribution in [0.1, 0.15) is 56.7 Å². The highest BCUT2D eigenvalue weighted by Gasteiger charge is 2.26. The molecule has 0 aromatic carbocycles. The predicted molar refractivity (Wildman–Crippen MR) is 86.4 cm³/mol. The number of rotatable bonds is 5. The highest BCUT2D eigenvalue weighted by atomic mass is 35.5. The quantitative estimate of drug-likeness (QED) is 0.726. The maximum Gasteiger partial charge on any atom is 0.0931 e. The number of hydrogen-bond acceptors (Lipinski definition) is 2. The van der Waals surface area contributed by atoms with Crippen LogP contribution in [0, 0.1) is 11.8 Å². The van der Waals surface area contributed by atoms with E-state index >= 15 is 0 Å². The monoisotopic (exact) mass is 299 g/mol. The van der Waals surface area contributed by atoms with Crippen LogP contribution >= 0.6 is 22.9 Å². The van der Waals surface area contributed by atoms with Crippen LogP contribution in [0.3, 0.4) is 0 Å². The highest BCUT2D eigenvalue weighted by molar-refractivity contribution is 7.16. The summed E-state index contributed by atoms with van der Waals surface area (Å²) >= 11 is 7.90. The molecular formula is C16H26ClNS. The van der Waals surface area contributed by atoms with E-state index in [0.29, 0.717) is 0 Å². The molecule has 1 aromatic rings. The Bertz CT molecular complexity index is 375. The molecule has 1 fully saturated rings. The second kappa shape index (κ2) is 7.66. The van der Waals surface area contributed by atoms with Crippen molar-refractivity contribution in [2.45, 2.75) is 51.9 Å². The first-order chi connectivity index (χ1) is 9.16. The van der Waals surface area contributed by atoms with Gasteiger partial charge in [-0.05, 0) is 55.8 Å². The summed E-state index contributed by atoms with van der Waals surface area (Å²) in [5.74, 6) is 2.25. The molecule has 0 aliphatic heterocycles. The summed E-state index contributed by atoms with van der Waals surface area (Å²) in [7, 11) is 0. The van der Waals surface area contributed by atoms with Crippen molar-refractivity contribution in [2.75, 3.05) is 13.1 Å². The second-order valence-electron chi connectivity index (χ2n) is 6.20. The molecule has 1 aliphatic rings. The Balaban J connectivity index is 1.98. The maximum atomic E-state index is 6.12. The van der Waals surface area contributed by atoms with Crippen LogP contribution in [0.15, 0.2) is 12.1 Å². The number of halogens is 1. The zero-order valence-electron chi connectivity index (χ0n) is 12.1. The topological polar surface area (TPSA) is 12.0 Å². The maximum absolute atomic E-state index is 6.12. The van der Waals surface area contributed by atoms with Crippen LogP contribution in [0.25, 0.3) is 0 Å². The van der Waals surface area contributed by atoms with Gasteiger partial charge in [-0.1, -0.05) is 44.7 Å². The van der Waals surface area contributed by atoms with Gasteiger partial charge < -0.3 is 5.32 Å². The lowest BCUT2D eigenvalue weighted by Crippen LogP contribution is -2.29. The van der Waals surface area contributed by atoms with Gasteiger partial charge in [0.2, 0.25) is 0 Å². The molecule has 3 heteroatoms. The van der Waals surface area contributed by atoms with Crippen LogP contribution in [0.2, 0.25) is 4.34 Å². The lowest BCUT2D eigenvalue weighted by atomic mass is 9.86. The molecule has 1 aliphatic carbocycles. The third-order valence-electron chi connectivity index (χ3n) is 4.08. The molecule has 108 valence electrons. The molecule has 2 atom stereocenters. The molecule has 0 bridgehead atoms. The molecule has 1 nitrogen and oxygen atoms in total. The van der Waals surface area contributed by atoms with Gasteiger partial charge in [-0.25, -0.2) is 0 Å². The average molecular weight is 300 g/mol. The Morgan fingerprint density at radius 2 is 2.05 bits per heavy atom. The van der Waals surface area contributed by atoms with E-state index in [-0.39, 0.29) is 0 Å². The van der Waals surface area contributed by atoms with Gasteiger partial charge in [-0.15, -0.1) is 11.3 Å². The largest absolute Gasteiger partial charge is 0.316 e. The molecule has 0 amide bonds. The predicted octanol–water partition coefficient (Wildman–Crippen LogP) is 5.31. The molecule has 1 heterocycles. The van der Waals surface area contributed by atoms with Gasteiger partial charge >= 0.3 is 0 Å². The van der Waals surface area contributed by atoms with E-state index in [1.54, 1.807) is 11.3 Å². The standard InChI is InChI=1S/C16H26ClNS/c1-12(2)10-18-11-13-6-4-3-5-7-14(13)15-8-9-16(17)19-15/h8-9,12-14,18H,3-7,10-11H2,1-2H3. The SMILES string of the molecule is CC(C)CNCC1CCCCCC1c1ccc(Cl)s1. The fourth-order valence-corrected chi connectivity index (χ4v) is 4.38. The third kappa shape index (κ3) is 4.77. The summed E-state index contributed by atoms with van der Waals surface area (Å²) in [5, 5.41) is 3.66. The van der Waals surface area contributed by atoms with Gasteiger partial charge in [0.05, 0.1) is 4.34 Å². The lowest BCUT2D eigenvalue weighted by Gasteiger charge is -2.25. The minimum Gasteiger partial charge on any atom is -0.316 e. The highest BCUT2D eigenvalue weighted by Crippen LogP contribution is 2.40. The Labute approximate surface area is 126 Å². The van der Waals surface area contributed by atoms with Crippen molar-refractivity contribution in [3.05, 3.63) is 21.3 Å². The zero-order chi connectivity index (χ0) is 13.7. The van der Waals surface area contributed by atoms with Crippen LogP contribution in [0.5, 0.6) is 0 Å². The van der Waals surface area contributed by atoms with Crippen molar-refractivity contribution in [1.29, 1.82) is 0 Å². The van der Waals surface area contributed by atoms with E-state index in [1.807, 2.05) is 0 Å². The minimum atomic E-state index is 0.722. The van der Waals surface area contributed by atoms with E-state index in [4.69, 9.17) is 11.6 Å². The van der Waals surface area contributed by atoms with E-state index < -0.39 is 0 Å². The minimum absolute atomic E-state index is 0.722. The van der Waals surface area contributed by atoms with Gasteiger partial charge in [0.15, 0.2) is 0 Å². The molecule has 0 spiro atoms. The second-order valence-corrected chi connectivity index (χ2v) is 7.95. The van der Waals surface area contributed by atoms with Gasteiger partial charge in [0, 0.05) is 4.88 Å². The summed E-state index contributed by atoms with van der Waals surface area (Å²) in [6.45, 7) is 6.85. The smallest absolute Gasteiger partial charge is 0.0931 e. The first-order valence-corrected chi connectivity index (χ1v) is 8.82. The first kappa shape index (κ1) is 15.3. The van der Waals surface area contributed by atoms with Crippen molar-refractivity contribution >= 4 is 22.9 Å². The van der Waals surface area contributed by atoms with Gasteiger partial charge in [0.25, 0.3) is 0 Å². The van der Waals surface area contributed by atoms with Gasteiger partial charge in [0.1, 0.15) is 0 Å². The van der Waals surface area contributed by atoms with E-state index in [1.165, 1.54) is 43.5 Å². The normalized spacial score (nSPS) is 24.6. The summed E-state index contributed by atoms with van der Waals surface area (Å²) < 4.78 is 0.938. The summed E-state index contributed by atoms with van der Waals surface area (Å²) in [6.07, 6.45) is 6.87. The van der Waals surface area contributed by atoms with Crippen LogP contribution in [-0.4, -0.2) is 13.1 Å². The van der Waals surface area contributed by atoms with E-state index in [2.05, 4.69) is 31.3 Å². The molecule has 1 aromatic heterocycles. The zero-order valence-corrected chi connectivity index (χ0v) is 13.7. The van der Waals surface area contributed by atoms with E-state index in [9.17, 15) is 0 Å². The number of thiophene rings is 1. The van der Waals surface area contributed by atoms with Gasteiger partial charge in [-0.2, -0.15) is 0 Å². The van der Waals surface area contributed by atoms with Crippen molar-refractivity contribution in [2.24, 2.45) is 11.8 Å². The molecule has 0 saturated heterocycles. The molecular weight excluding hydrogens is 274 g/mol. The van der Waals surface area contributed by atoms with Crippen molar-refractivity contribution in [3.63, 3.8) is 0 Å². The van der Waals surface area contributed by atoms with Crippen LogP contribution in [-0.2, 0) is 0 Å².